The topological polar surface area (TPSA) is 27.8 Å². The number of hydrogen-bond acceptors (Lipinski definition) is 1. The van der Waals surface area contributed by atoms with Crippen molar-refractivity contribution in [3.63, 3.8) is 0 Å². The third-order valence-corrected chi connectivity index (χ3v) is 2.16. The van der Waals surface area contributed by atoms with Gasteiger partial charge >= 0.3 is 0 Å². The average Bonchev–Trinajstić information content (AvgIpc) is 2.36. The monoisotopic (exact) mass is 186 g/mol. The highest BCUT2D eigenvalue weighted by Gasteiger charge is 2.19. The molecule has 0 amide bonds. The summed E-state index contributed by atoms with van der Waals surface area (Å²) in [6, 6.07) is 3.88. The van der Waals surface area contributed by atoms with Crippen LogP contribution in [0.1, 0.15) is 26.5 Å². The minimum absolute atomic E-state index is 0.0259. The van der Waals surface area contributed by atoms with Crippen LogP contribution in [0.3, 0.4) is 0 Å². The molecule has 1 aromatic rings. The Bertz CT molecular complexity index is 253. The largest absolute Gasteiger partial charge is 0.348 e. The van der Waals surface area contributed by atoms with Crippen LogP contribution in [0.4, 0.5) is 0 Å². The highest BCUT2D eigenvalue weighted by Crippen LogP contribution is 2.20. The summed E-state index contributed by atoms with van der Waals surface area (Å²) in [4.78, 5) is 3.10. The molecule has 2 N–H and O–H groups in total. The summed E-state index contributed by atoms with van der Waals surface area (Å²) in [5.41, 5.74) is 1.09. The van der Waals surface area contributed by atoms with Gasteiger partial charge in [0.05, 0.1) is 5.54 Å². The predicted molar refractivity (Wildman–Crippen MR) is 52.5 cm³/mol. The minimum atomic E-state index is -0.0259. The molecular formula is C9H15ClN2. The van der Waals surface area contributed by atoms with E-state index in [4.69, 9.17) is 11.6 Å². The van der Waals surface area contributed by atoms with Crippen LogP contribution in [0.25, 0.3) is 0 Å². The zero-order valence-electron chi connectivity index (χ0n) is 7.74. The number of nitrogens with one attached hydrogen (secondary N) is 2. The molecule has 1 aromatic heterocycles. The van der Waals surface area contributed by atoms with Crippen molar-refractivity contribution in [1.82, 2.24) is 10.3 Å². The zero-order chi connectivity index (χ0) is 9.19. The molecule has 0 atom stereocenters. The molecular weight excluding hydrogens is 172 g/mol. The summed E-state index contributed by atoms with van der Waals surface area (Å²) in [5.74, 6) is 0. The van der Waals surface area contributed by atoms with Crippen molar-refractivity contribution < 1.29 is 0 Å². The Morgan fingerprint density at radius 2 is 2.17 bits per heavy atom. The predicted octanol–water partition coefficient (Wildman–Crippen LogP) is 2.51. The maximum atomic E-state index is 5.78. The fourth-order valence-electron chi connectivity index (χ4n) is 1.27. The van der Waals surface area contributed by atoms with Crippen molar-refractivity contribution in [2.75, 3.05) is 6.54 Å². The van der Waals surface area contributed by atoms with Crippen LogP contribution in [0.15, 0.2) is 12.1 Å². The van der Waals surface area contributed by atoms with Crippen LogP contribution >= 0.6 is 11.6 Å². The van der Waals surface area contributed by atoms with Crippen LogP contribution in [-0.4, -0.2) is 11.5 Å². The molecule has 0 fully saturated rings. The lowest BCUT2D eigenvalue weighted by Crippen LogP contribution is -2.36. The van der Waals surface area contributed by atoms with E-state index in [0.717, 1.165) is 12.2 Å². The molecule has 0 aliphatic carbocycles. The van der Waals surface area contributed by atoms with E-state index in [9.17, 15) is 0 Å². The van der Waals surface area contributed by atoms with E-state index in [0.29, 0.717) is 5.15 Å². The number of halogens is 1. The van der Waals surface area contributed by atoms with Gasteiger partial charge in [-0.2, -0.15) is 0 Å². The van der Waals surface area contributed by atoms with Gasteiger partial charge in [-0.1, -0.05) is 18.5 Å². The number of H-pyrrole nitrogens is 1. The van der Waals surface area contributed by atoms with Gasteiger partial charge < -0.3 is 10.3 Å². The summed E-state index contributed by atoms with van der Waals surface area (Å²) in [6.07, 6.45) is 0. The second-order valence-corrected chi connectivity index (χ2v) is 3.78. The highest BCUT2D eigenvalue weighted by molar-refractivity contribution is 6.29. The lowest BCUT2D eigenvalue weighted by Gasteiger charge is -2.24. The van der Waals surface area contributed by atoms with Gasteiger partial charge in [0.25, 0.3) is 0 Å². The van der Waals surface area contributed by atoms with Crippen LogP contribution in [0, 0.1) is 0 Å². The van der Waals surface area contributed by atoms with E-state index in [1.54, 1.807) is 0 Å². The molecule has 0 aliphatic heterocycles. The Balaban J connectivity index is 2.81. The number of hydrogen-bond donors (Lipinski definition) is 2. The molecule has 1 heterocycles. The lowest BCUT2D eigenvalue weighted by molar-refractivity contribution is 0.406. The van der Waals surface area contributed by atoms with Gasteiger partial charge in [-0.05, 0) is 32.5 Å². The molecule has 0 aromatic carbocycles. The molecule has 2 nitrogen and oxygen atoms in total. The summed E-state index contributed by atoms with van der Waals surface area (Å²) in [5, 5.41) is 4.05. The maximum absolute atomic E-state index is 5.78. The Morgan fingerprint density at radius 1 is 1.50 bits per heavy atom. The molecule has 0 unspecified atom stereocenters. The van der Waals surface area contributed by atoms with Crippen molar-refractivity contribution in [2.24, 2.45) is 0 Å². The molecule has 12 heavy (non-hydrogen) atoms. The van der Waals surface area contributed by atoms with Crippen molar-refractivity contribution in [1.29, 1.82) is 0 Å². The van der Waals surface area contributed by atoms with Crippen molar-refractivity contribution >= 4 is 11.6 Å². The fourth-order valence-corrected chi connectivity index (χ4v) is 1.44. The minimum Gasteiger partial charge on any atom is -0.348 e. The van der Waals surface area contributed by atoms with Crippen LogP contribution in [0.2, 0.25) is 5.15 Å². The van der Waals surface area contributed by atoms with Crippen molar-refractivity contribution in [3.8, 4) is 0 Å². The first-order valence-electron chi connectivity index (χ1n) is 4.16. The molecule has 68 valence electrons. The van der Waals surface area contributed by atoms with Gasteiger partial charge in [0, 0.05) is 5.69 Å². The first-order chi connectivity index (χ1) is 5.56. The molecule has 0 saturated carbocycles. The SMILES string of the molecule is CCNC(C)(C)c1ccc(Cl)[nH]1. The molecule has 0 bridgehead atoms. The first-order valence-corrected chi connectivity index (χ1v) is 4.54. The summed E-state index contributed by atoms with van der Waals surface area (Å²) in [7, 11) is 0. The normalized spacial score (nSPS) is 12.0. The Kier molecular flexibility index (Phi) is 2.80. The molecule has 0 radical (unpaired) electrons. The van der Waals surface area contributed by atoms with E-state index in [2.05, 4.69) is 31.1 Å². The number of rotatable bonds is 3. The smallest absolute Gasteiger partial charge is 0.106 e. The number of aromatic nitrogens is 1. The molecule has 3 heteroatoms. The van der Waals surface area contributed by atoms with Crippen LogP contribution in [-0.2, 0) is 5.54 Å². The van der Waals surface area contributed by atoms with E-state index < -0.39 is 0 Å². The van der Waals surface area contributed by atoms with Gasteiger partial charge in [-0.3, -0.25) is 0 Å². The average molecular weight is 187 g/mol. The molecule has 1 rings (SSSR count). The van der Waals surface area contributed by atoms with Gasteiger partial charge in [0.1, 0.15) is 5.15 Å². The van der Waals surface area contributed by atoms with Crippen molar-refractivity contribution in [2.45, 2.75) is 26.3 Å². The van der Waals surface area contributed by atoms with Crippen molar-refractivity contribution in [3.05, 3.63) is 23.0 Å². The van der Waals surface area contributed by atoms with Crippen LogP contribution in [0.5, 0.6) is 0 Å². The summed E-state index contributed by atoms with van der Waals surface area (Å²) >= 11 is 5.78. The first kappa shape index (κ1) is 9.62. The van der Waals surface area contributed by atoms with E-state index >= 15 is 0 Å². The maximum Gasteiger partial charge on any atom is 0.106 e. The quantitative estimate of drug-likeness (QED) is 0.746. The summed E-state index contributed by atoms with van der Waals surface area (Å²) < 4.78 is 0. The highest BCUT2D eigenvalue weighted by atomic mass is 35.5. The van der Waals surface area contributed by atoms with Gasteiger partial charge in [-0.15, -0.1) is 0 Å². The Morgan fingerprint density at radius 3 is 2.58 bits per heavy atom. The molecule has 0 aliphatic rings. The standard InChI is InChI=1S/C9H15ClN2/c1-4-11-9(2,3)7-5-6-8(10)12-7/h5-6,11-12H,4H2,1-3H3. The zero-order valence-corrected chi connectivity index (χ0v) is 8.50. The third-order valence-electron chi connectivity index (χ3n) is 1.94. The lowest BCUT2D eigenvalue weighted by atomic mass is 10.0. The second-order valence-electron chi connectivity index (χ2n) is 3.38. The molecule has 0 spiro atoms. The Labute approximate surface area is 78.3 Å². The second kappa shape index (κ2) is 3.50. The third kappa shape index (κ3) is 2.02. The van der Waals surface area contributed by atoms with E-state index in [-0.39, 0.29) is 5.54 Å². The van der Waals surface area contributed by atoms with E-state index in [1.165, 1.54) is 0 Å². The van der Waals surface area contributed by atoms with Gasteiger partial charge in [-0.25, -0.2) is 0 Å². The van der Waals surface area contributed by atoms with Crippen LogP contribution < -0.4 is 5.32 Å². The van der Waals surface area contributed by atoms with Gasteiger partial charge in [0.2, 0.25) is 0 Å². The van der Waals surface area contributed by atoms with E-state index in [1.807, 2.05) is 12.1 Å². The van der Waals surface area contributed by atoms with Gasteiger partial charge in [0.15, 0.2) is 0 Å². The fraction of sp³-hybridized carbons (Fsp3) is 0.556. The Hall–Kier alpha value is -0.470. The molecule has 0 saturated heterocycles. The summed E-state index contributed by atoms with van der Waals surface area (Å²) in [6.45, 7) is 7.28. The number of aromatic amines is 1.